The van der Waals surface area contributed by atoms with Crippen molar-refractivity contribution in [1.82, 2.24) is 15.5 Å². The number of urea groups is 1. The van der Waals surface area contributed by atoms with Crippen LogP contribution in [0.4, 0.5) is 4.79 Å². The van der Waals surface area contributed by atoms with Gasteiger partial charge in [0.15, 0.2) is 0 Å². The fraction of sp³-hybridized carbons (Fsp3) is 0.381. The molecule has 0 aromatic heterocycles. The van der Waals surface area contributed by atoms with Gasteiger partial charge in [-0.3, -0.25) is 4.90 Å². The third-order valence-corrected chi connectivity index (χ3v) is 4.36. The lowest BCUT2D eigenvalue weighted by molar-refractivity contribution is 0.240. The maximum absolute atomic E-state index is 12.0. The summed E-state index contributed by atoms with van der Waals surface area (Å²) in [6.45, 7) is 8.38. The zero-order valence-corrected chi connectivity index (χ0v) is 15.9. The van der Waals surface area contributed by atoms with Gasteiger partial charge >= 0.3 is 6.03 Å². The second-order valence-corrected chi connectivity index (χ2v) is 6.17. The molecular weight excluding hydrogens is 326 g/mol. The molecule has 5 nitrogen and oxygen atoms in total. The Morgan fingerprint density at radius 3 is 2.15 bits per heavy atom. The fourth-order valence-electron chi connectivity index (χ4n) is 2.68. The summed E-state index contributed by atoms with van der Waals surface area (Å²) in [6, 6.07) is 15.9. The first-order valence-corrected chi connectivity index (χ1v) is 9.09. The molecule has 0 radical (unpaired) electrons. The van der Waals surface area contributed by atoms with Crippen LogP contribution >= 0.6 is 0 Å². The highest BCUT2D eigenvalue weighted by molar-refractivity contribution is 5.73. The van der Waals surface area contributed by atoms with Crippen LogP contribution in [0.1, 0.15) is 30.5 Å². The third kappa shape index (κ3) is 6.41. The van der Waals surface area contributed by atoms with E-state index in [1.165, 1.54) is 5.56 Å². The van der Waals surface area contributed by atoms with Crippen molar-refractivity contribution in [3.8, 4) is 5.75 Å². The van der Waals surface area contributed by atoms with E-state index in [4.69, 9.17) is 4.74 Å². The van der Waals surface area contributed by atoms with E-state index < -0.39 is 0 Å². The van der Waals surface area contributed by atoms with E-state index in [1.54, 1.807) is 7.11 Å². The Kier molecular flexibility index (Phi) is 7.96. The lowest BCUT2D eigenvalue weighted by Gasteiger charge is -2.18. The van der Waals surface area contributed by atoms with Gasteiger partial charge in [-0.15, -0.1) is 0 Å². The number of methoxy groups -OCH3 is 1. The van der Waals surface area contributed by atoms with Crippen LogP contribution < -0.4 is 15.4 Å². The maximum Gasteiger partial charge on any atom is 0.315 e. The molecule has 0 aliphatic carbocycles. The molecule has 0 fully saturated rings. The first kappa shape index (κ1) is 19.8. The molecule has 0 aliphatic rings. The predicted molar refractivity (Wildman–Crippen MR) is 105 cm³/mol. The molecular formula is C21H29N3O2. The fourth-order valence-corrected chi connectivity index (χ4v) is 2.68. The third-order valence-electron chi connectivity index (χ3n) is 4.36. The summed E-state index contributed by atoms with van der Waals surface area (Å²) in [5, 5.41) is 5.75. The zero-order chi connectivity index (χ0) is 18.8. The van der Waals surface area contributed by atoms with Crippen LogP contribution in [0.25, 0.3) is 0 Å². The average Bonchev–Trinajstić information content (AvgIpc) is 2.70. The summed E-state index contributed by atoms with van der Waals surface area (Å²) in [6.07, 6.45) is 0. The molecule has 0 atom stereocenters. The van der Waals surface area contributed by atoms with Crippen molar-refractivity contribution in [3.05, 3.63) is 65.2 Å². The van der Waals surface area contributed by atoms with Crippen molar-refractivity contribution in [1.29, 1.82) is 0 Å². The molecule has 0 saturated carbocycles. The van der Waals surface area contributed by atoms with Crippen molar-refractivity contribution in [2.75, 3.05) is 20.2 Å². The summed E-state index contributed by atoms with van der Waals surface area (Å²) in [5.74, 6) is 0.787. The van der Waals surface area contributed by atoms with Gasteiger partial charge in [-0.1, -0.05) is 50.2 Å². The maximum atomic E-state index is 12.0. The van der Waals surface area contributed by atoms with Gasteiger partial charge in [0, 0.05) is 19.6 Å². The molecule has 2 rings (SSSR count). The van der Waals surface area contributed by atoms with E-state index >= 15 is 0 Å². The zero-order valence-electron chi connectivity index (χ0n) is 15.9. The van der Waals surface area contributed by atoms with Crippen LogP contribution in [-0.2, 0) is 19.6 Å². The van der Waals surface area contributed by atoms with Gasteiger partial charge in [0.25, 0.3) is 0 Å². The van der Waals surface area contributed by atoms with E-state index in [2.05, 4.69) is 53.6 Å². The largest absolute Gasteiger partial charge is 0.497 e. The van der Waals surface area contributed by atoms with Crippen LogP contribution in [0.3, 0.4) is 0 Å². The molecule has 0 unspecified atom stereocenters. The van der Waals surface area contributed by atoms with Crippen LogP contribution in [-0.4, -0.2) is 31.1 Å². The molecule has 2 aromatic rings. The minimum atomic E-state index is -0.181. The number of hydrogen-bond acceptors (Lipinski definition) is 3. The molecule has 0 spiro atoms. The van der Waals surface area contributed by atoms with Crippen LogP contribution in [0.2, 0.25) is 0 Å². The monoisotopic (exact) mass is 355 g/mol. The quantitative estimate of drug-likeness (QED) is 0.723. The Morgan fingerprint density at radius 1 is 0.923 bits per heavy atom. The van der Waals surface area contributed by atoms with Crippen molar-refractivity contribution in [2.24, 2.45) is 0 Å². The topological polar surface area (TPSA) is 53.6 Å². The summed E-state index contributed by atoms with van der Waals surface area (Å²) < 4.78 is 5.18. The standard InChI is InChI=1S/C21H29N3O2/c1-4-24(5-2)16-18-11-9-17(10-12-18)14-22-21(25)23-15-19-7-6-8-20(13-19)26-3/h6-13H,4-5,14-16H2,1-3H3,(H2,22,23,25). The molecule has 0 bridgehead atoms. The van der Waals surface area contributed by atoms with Gasteiger partial charge in [0.05, 0.1) is 7.11 Å². The molecule has 140 valence electrons. The van der Waals surface area contributed by atoms with Gasteiger partial charge in [-0.25, -0.2) is 4.79 Å². The summed E-state index contributed by atoms with van der Waals surface area (Å²) in [4.78, 5) is 14.3. The van der Waals surface area contributed by atoms with Crippen molar-refractivity contribution in [2.45, 2.75) is 33.5 Å². The molecule has 26 heavy (non-hydrogen) atoms. The number of carbonyl (C=O) groups is 1. The van der Waals surface area contributed by atoms with E-state index in [9.17, 15) is 4.79 Å². The Morgan fingerprint density at radius 2 is 1.54 bits per heavy atom. The number of carbonyl (C=O) groups excluding carboxylic acids is 1. The first-order valence-electron chi connectivity index (χ1n) is 9.09. The Balaban J connectivity index is 1.76. The number of hydrogen-bond donors (Lipinski definition) is 2. The number of ether oxygens (including phenoxy) is 1. The van der Waals surface area contributed by atoms with Crippen molar-refractivity contribution < 1.29 is 9.53 Å². The van der Waals surface area contributed by atoms with E-state index in [0.29, 0.717) is 13.1 Å². The van der Waals surface area contributed by atoms with E-state index in [0.717, 1.165) is 36.5 Å². The van der Waals surface area contributed by atoms with Crippen LogP contribution in [0.5, 0.6) is 5.75 Å². The molecule has 0 aliphatic heterocycles. The summed E-state index contributed by atoms with van der Waals surface area (Å²) in [5.41, 5.74) is 3.38. The highest BCUT2D eigenvalue weighted by Crippen LogP contribution is 2.12. The lowest BCUT2D eigenvalue weighted by Crippen LogP contribution is -2.34. The normalized spacial score (nSPS) is 10.6. The van der Waals surface area contributed by atoms with Gasteiger partial charge in [-0.05, 0) is 41.9 Å². The van der Waals surface area contributed by atoms with E-state index in [-0.39, 0.29) is 6.03 Å². The molecule has 5 heteroatoms. The molecule has 0 heterocycles. The number of nitrogens with one attached hydrogen (secondary N) is 2. The number of rotatable bonds is 9. The second kappa shape index (κ2) is 10.5. The Bertz CT molecular complexity index is 682. The molecule has 0 saturated heterocycles. The first-order chi connectivity index (χ1) is 12.6. The van der Waals surface area contributed by atoms with Gasteiger partial charge in [0.1, 0.15) is 5.75 Å². The van der Waals surface area contributed by atoms with Gasteiger partial charge in [-0.2, -0.15) is 0 Å². The number of nitrogens with zero attached hydrogens (tertiary/aromatic N) is 1. The minimum Gasteiger partial charge on any atom is -0.497 e. The second-order valence-electron chi connectivity index (χ2n) is 6.17. The summed E-state index contributed by atoms with van der Waals surface area (Å²) >= 11 is 0. The van der Waals surface area contributed by atoms with Gasteiger partial charge < -0.3 is 15.4 Å². The minimum absolute atomic E-state index is 0.181. The molecule has 2 amide bonds. The highest BCUT2D eigenvalue weighted by Gasteiger charge is 2.04. The van der Waals surface area contributed by atoms with Crippen LogP contribution in [0.15, 0.2) is 48.5 Å². The number of benzene rings is 2. The van der Waals surface area contributed by atoms with Crippen molar-refractivity contribution in [3.63, 3.8) is 0 Å². The van der Waals surface area contributed by atoms with Crippen LogP contribution in [0, 0.1) is 0 Å². The predicted octanol–water partition coefficient (Wildman–Crippen LogP) is 3.54. The van der Waals surface area contributed by atoms with E-state index in [1.807, 2.05) is 24.3 Å². The summed E-state index contributed by atoms with van der Waals surface area (Å²) in [7, 11) is 1.63. The average molecular weight is 355 g/mol. The lowest BCUT2D eigenvalue weighted by atomic mass is 10.1. The number of amides is 2. The SMILES string of the molecule is CCN(CC)Cc1ccc(CNC(=O)NCc2cccc(OC)c2)cc1. The van der Waals surface area contributed by atoms with Gasteiger partial charge in [0.2, 0.25) is 0 Å². The molecule has 2 N–H and O–H groups in total. The Labute approximate surface area is 156 Å². The smallest absolute Gasteiger partial charge is 0.315 e. The van der Waals surface area contributed by atoms with Crippen molar-refractivity contribution >= 4 is 6.03 Å². The molecule has 2 aromatic carbocycles. The Hall–Kier alpha value is -2.53. The highest BCUT2D eigenvalue weighted by atomic mass is 16.5.